The smallest absolute Gasteiger partial charge is 0.0109 e. The molecule has 4 unspecified atom stereocenters. The van der Waals surface area contributed by atoms with Crippen molar-refractivity contribution in [1.29, 1.82) is 0 Å². The van der Waals surface area contributed by atoms with Crippen molar-refractivity contribution in [3.8, 4) is 0 Å². The second kappa shape index (κ2) is 6.36. The van der Waals surface area contributed by atoms with E-state index in [1.54, 1.807) is 0 Å². The molecule has 1 aliphatic heterocycles. The molecule has 0 aromatic heterocycles. The summed E-state index contributed by atoms with van der Waals surface area (Å²) < 4.78 is 0. The Kier molecular flexibility index (Phi) is 5.05. The van der Waals surface area contributed by atoms with Crippen LogP contribution in [0.1, 0.15) is 33.1 Å². The van der Waals surface area contributed by atoms with Gasteiger partial charge in [-0.1, -0.05) is 13.8 Å². The average Bonchev–Trinajstić information content (AvgIpc) is 2.48. The van der Waals surface area contributed by atoms with Crippen molar-refractivity contribution in [2.45, 2.75) is 39.2 Å². The SMILES string of the molecule is CC1CC(C)C(CN2CCCN(C)CC2)C(N)C1. The lowest BCUT2D eigenvalue weighted by atomic mass is 9.72. The summed E-state index contributed by atoms with van der Waals surface area (Å²) in [4.78, 5) is 5.10. The second-order valence-electron chi connectivity index (χ2n) is 6.84. The van der Waals surface area contributed by atoms with Gasteiger partial charge in [0.1, 0.15) is 0 Å². The lowest BCUT2D eigenvalue weighted by Gasteiger charge is -2.40. The molecule has 2 N–H and O–H groups in total. The first-order valence-electron chi connectivity index (χ1n) is 7.72. The maximum Gasteiger partial charge on any atom is 0.0109 e. The predicted molar refractivity (Wildman–Crippen MR) is 77.6 cm³/mol. The highest BCUT2D eigenvalue weighted by Gasteiger charge is 2.32. The fraction of sp³-hybridized carbons (Fsp3) is 1.00. The van der Waals surface area contributed by atoms with Gasteiger partial charge in [-0.15, -0.1) is 0 Å². The molecule has 0 aromatic rings. The molecule has 4 atom stereocenters. The minimum Gasteiger partial charge on any atom is -0.327 e. The number of nitrogens with zero attached hydrogens (tertiary/aromatic N) is 2. The molecule has 1 aliphatic carbocycles. The molecule has 106 valence electrons. The van der Waals surface area contributed by atoms with Crippen molar-refractivity contribution in [3.05, 3.63) is 0 Å². The van der Waals surface area contributed by atoms with E-state index in [0.29, 0.717) is 12.0 Å². The van der Waals surface area contributed by atoms with Gasteiger partial charge in [0.15, 0.2) is 0 Å². The first-order chi connectivity index (χ1) is 8.56. The monoisotopic (exact) mass is 253 g/mol. The van der Waals surface area contributed by atoms with Crippen LogP contribution in [0.5, 0.6) is 0 Å². The normalized spacial score (nSPS) is 40.7. The van der Waals surface area contributed by atoms with Gasteiger partial charge >= 0.3 is 0 Å². The van der Waals surface area contributed by atoms with Crippen LogP contribution in [0, 0.1) is 17.8 Å². The number of likely N-dealkylation sites (N-methyl/N-ethyl adjacent to an activating group) is 1. The van der Waals surface area contributed by atoms with Crippen molar-refractivity contribution < 1.29 is 0 Å². The van der Waals surface area contributed by atoms with Crippen LogP contribution in [-0.4, -0.2) is 55.6 Å². The van der Waals surface area contributed by atoms with Crippen molar-refractivity contribution in [2.24, 2.45) is 23.5 Å². The number of rotatable bonds is 2. The quantitative estimate of drug-likeness (QED) is 0.812. The summed E-state index contributed by atoms with van der Waals surface area (Å²) in [5.74, 6) is 2.33. The maximum absolute atomic E-state index is 6.41. The highest BCUT2D eigenvalue weighted by molar-refractivity contribution is 4.87. The van der Waals surface area contributed by atoms with Crippen molar-refractivity contribution >= 4 is 0 Å². The molecule has 3 heteroatoms. The molecule has 3 nitrogen and oxygen atoms in total. The third-order valence-corrected chi connectivity index (χ3v) is 5.01. The zero-order chi connectivity index (χ0) is 13.1. The van der Waals surface area contributed by atoms with Gasteiger partial charge < -0.3 is 15.5 Å². The number of hydrogen-bond acceptors (Lipinski definition) is 3. The van der Waals surface area contributed by atoms with E-state index in [2.05, 4.69) is 30.7 Å². The van der Waals surface area contributed by atoms with Gasteiger partial charge in [-0.3, -0.25) is 0 Å². The summed E-state index contributed by atoms with van der Waals surface area (Å²) in [6.45, 7) is 10.9. The Labute approximate surface area is 113 Å². The maximum atomic E-state index is 6.41. The van der Waals surface area contributed by atoms with Crippen molar-refractivity contribution in [1.82, 2.24) is 9.80 Å². The fourth-order valence-corrected chi connectivity index (χ4v) is 3.86. The lowest BCUT2D eigenvalue weighted by Crippen LogP contribution is -2.47. The summed E-state index contributed by atoms with van der Waals surface area (Å²) >= 11 is 0. The molecular weight excluding hydrogens is 222 g/mol. The molecule has 2 fully saturated rings. The van der Waals surface area contributed by atoms with Crippen LogP contribution in [0.25, 0.3) is 0 Å². The lowest BCUT2D eigenvalue weighted by molar-refractivity contribution is 0.119. The van der Waals surface area contributed by atoms with Gasteiger partial charge in [0.05, 0.1) is 0 Å². The van der Waals surface area contributed by atoms with Crippen molar-refractivity contribution in [2.75, 3.05) is 39.8 Å². The number of hydrogen-bond donors (Lipinski definition) is 1. The summed E-state index contributed by atoms with van der Waals surface area (Å²) in [6, 6.07) is 0.421. The Morgan fingerprint density at radius 2 is 1.83 bits per heavy atom. The molecule has 18 heavy (non-hydrogen) atoms. The number of nitrogens with two attached hydrogens (primary N) is 1. The van der Waals surface area contributed by atoms with E-state index < -0.39 is 0 Å². The van der Waals surface area contributed by atoms with Crippen LogP contribution < -0.4 is 5.73 Å². The highest BCUT2D eigenvalue weighted by atomic mass is 15.2. The molecule has 1 saturated carbocycles. The van der Waals surface area contributed by atoms with Gasteiger partial charge in [-0.2, -0.15) is 0 Å². The van der Waals surface area contributed by atoms with Crippen LogP contribution >= 0.6 is 0 Å². The molecule has 2 aliphatic rings. The minimum atomic E-state index is 0.421. The van der Waals surface area contributed by atoms with E-state index in [0.717, 1.165) is 11.8 Å². The third-order valence-electron chi connectivity index (χ3n) is 5.01. The molecule has 0 aromatic carbocycles. The Balaban J connectivity index is 1.87. The summed E-state index contributed by atoms with van der Waals surface area (Å²) in [5.41, 5.74) is 6.41. The van der Waals surface area contributed by atoms with E-state index in [1.165, 1.54) is 52.0 Å². The summed E-state index contributed by atoms with van der Waals surface area (Å²) in [7, 11) is 2.24. The van der Waals surface area contributed by atoms with Crippen LogP contribution in [0.3, 0.4) is 0 Å². The molecule has 2 rings (SSSR count). The molecule has 0 spiro atoms. The van der Waals surface area contributed by atoms with Gasteiger partial charge in [0, 0.05) is 25.7 Å². The van der Waals surface area contributed by atoms with E-state index in [9.17, 15) is 0 Å². The summed E-state index contributed by atoms with van der Waals surface area (Å²) in [6.07, 6.45) is 3.90. The van der Waals surface area contributed by atoms with Gasteiger partial charge in [-0.05, 0) is 57.2 Å². The molecular formula is C15H31N3. The standard InChI is InChI=1S/C15H31N3/c1-12-9-13(2)14(15(16)10-12)11-18-6-4-5-17(3)7-8-18/h12-15H,4-11,16H2,1-3H3. The van der Waals surface area contributed by atoms with Crippen LogP contribution in [0.2, 0.25) is 0 Å². The van der Waals surface area contributed by atoms with Crippen LogP contribution in [0.4, 0.5) is 0 Å². The first-order valence-corrected chi connectivity index (χ1v) is 7.72. The fourth-order valence-electron chi connectivity index (χ4n) is 3.86. The third kappa shape index (κ3) is 3.69. The van der Waals surface area contributed by atoms with Gasteiger partial charge in [0.25, 0.3) is 0 Å². The van der Waals surface area contributed by atoms with E-state index >= 15 is 0 Å². The molecule has 0 amide bonds. The largest absolute Gasteiger partial charge is 0.327 e. The van der Waals surface area contributed by atoms with E-state index in [4.69, 9.17) is 5.73 Å². The molecule has 1 heterocycles. The molecule has 0 radical (unpaired) electrons. The topological polar surface area (TPSA) is 32.5 Å². The molecule has 1 saturated heterocycles. The minimum absolute atomic E-state index is 0.421. The molecule has 0 bridgehead atoms. The highest BCUT2D eigenvalue weighted by Crippen LogP contribution is 2.33. The average molecular weight is 253 g/mol. The van der Waals surface area contributed by atoms with Gasteiger partial charge in [-0.25, -0.2) is 0 Å². The second-order valence-corrected chi connectivity index (χ2v) is 6.84. The zero-order valence-corrected chi connectivity index (χ0v) is 12.4. The van der Waals surface area contributed by atoms with E-state index in [-0.39, 0.29) is 0 Å². The van der Waals surface area contributed by atoms with Gasteiger partial charge in [0.2, 0.25) is 0 Å². The zero-order valence-electron chi connectivity index (χ0n) is 12.4. The van der Waals surface area contributed by atoms with Crippen molar-refractivity contribution in [3.63, 3.8) is 0 Å². The predicted octanol–water partition coefficient (Wildman–Crippen LogP) is 1.63. The van der Waals surface area contributed by atoms with Crippen LogP contribution in [0.15, 0.2) is 0 Å². The summed E-state index contributed by atoms with van der Waals surface area (Å²) in [5, 5.41) is 0. The van der Waals surface area contributed by atoms with E-state index in [1.807, 2.05) is 0 Å². The Hall–Kier alpha value is -0.120. The Bertz CT molecular complexity index is 244. The Morgan fingerprint density at radius 3 is 2.56 bits per heavy atom. The first kappa shape index (κ1) is 14.3. The van der Waals surface area contributed by atoms with Crippen LogP contribution in [-0.2, 0) is 0 Å². The Morgan fingerprint density at radius 1 is 1.06 bits per heavy atom.